The maximum atomic E-state index is 12.3. The van der Waals surface area contributed by atoms with E-state index in [2.05, 4.69) is 10.3 Å². The van der Waals surface area contributed by atoms with Crippen molar-refractivity contribution in [2.75, 3.05) is 5.32 Å². The van der Waals surface area contributed by atoms with Gasteiger partial charge in [-0.05, 0) is 24.1 Å². The minimum atomic E-state index is -1.05. The van der Waals surface area contributed by atoms with E-state index in [4.69, 9.17) is 34.0 Å². The fourth-order valence-electron chi connectivity index (χ4n) is 2.50. The first-order valence-electron chi connectivity index (χ1n) is 7.53. The van der Waals surface area contributed by atoms with Crippen molar-refractivity contribution in [1.82, 2.24) is 4.98 Å². The van der Waals surface area contributed by atoms with Gasteiger partial charge in [-0.25, -0.2) is 0 Å². The Morgan fingerprint density at radius 3 is 2.24 bits per heavy atom. The monoisotopic (exact) mass is 381 g/mol. The van der Waals surface area contributed by atoms with Crippen LogP contribution in [-0.4, -0.2) is 28.0 Å². The van der Waals surface area contributed by atoms with Gasteiger partial charge in [0.15, 0.2) is 0 Å². The lowest BCUT2D eigenvalue weighted by Gasteiger charge is -2.20. The maximum absolute atomic E-state index is 12.3. The zero-order valence-electron chi connectivity index (χ0n) is 13.4. The summed E-state index contributed by atoms with van der Waals surface area (Å²) in [7, 11) is 0. The molecule has 25 heavy (non-hydrogen) atoms. The molecule has 1 aromatic heterocycles. The molecule has 2 atom stereocenters. The number of rotatable bonds is 6. The summed E-state index contributed by atoms with van der Waals surface area (Å²) in [6, 6.07) is 5.84. The van der Waals surface area contributed by atoms with Crippen molar-refractivity contribution in [2.45, 2.75) is 25.3 Å². The molecule has 1 heterocycles. The van der Waals surface area contributed by atoms with E-state index in [1.54, 1.807) is 24.3 Å². The predicted molar refractivity (Wildman–Crippen MR) is 97.3 cm³/mol. The fraction of sp³-hybridized carbons (Fsp3) is 0.235. The fourth-order valence-corrected chi connectivity index (χ4v) is 3.04. The van der Waals surface area contributed by atoms with Crippen LogP contribution in [0, 0.1) is 0 Å². The van der Waals surface area contributed by atoms with Crippen LogP contribution in [-0.2, 0) is 4.79 Å². The molecule has 0 aliphatic heterocycles. The van der Waals surface area contributed by atoms with Gasteiger partial charge in [0, 0.05) is 24.0 Å². The Labute approximate surface area is 155 Å². The Bertz CT molecular complexity index is 761. The molecule has 0 aliphatic carbocycles. The first-order chi connectivity index (χ1) is 11.8. The second-order valence-electron chi connectivity index (χ2n) is 5.43. The first-order valence-corrected chi connectivity index (χ1v) is 8.29. The van der Waals surface area contributed by atoms with E-state index in [-0.39, 0.29) is 21.5 Å². The van der Waals surface area contributed by atoms with E-state index in [1.807, 2.05) is 6.92 Å². The van der Waals surface area contributed by atoms with Crippen molar-refractivity contribution < 1.29 is 14.7 Å². The number of amides is 1. The highest BCUT2D eigenvalue weighted by Gasteiger charge is 2.24. The van der Waals surface area contributed by atoms with Crippen molar-refractivity contribution in [1.29, 1.82) is 0 Å². The molecule has 1 unspecified atom stereocenters. The van der Waals surface area contributed by atoms with Crippen LogP contribution in [0.25, 0.3) is 0 Å². The summed E-state index contributed by atoms with van der Waals surface area (Å²) in [5.74, 6) is -1.82. The number of carboxylic acids is 1. The van der Waals surface area contributed by atoms with Gasteiger partial charge in [-0.3, -0.25) is 14.6 Å². The molecule has 2 aromatic rings. The Kier molecular flexibility index (Phi) is 6.36. The molecular weight excluding hydrogens is 365 g/mol. The van der Waals surface area contributed by atoms with E-state index in [0.29, 0.717) is 12.1 Å². The van der Waals surface area contributed by atoms with Gasteiger partial charge in [0.1, 0.15) is 6.04 Å². The number of hydrogen-bond acceptors (Lipinski definition) is 4. The number of pyridine rings is 1. The van der Waals surface area contributed by atoms with Crippen LogP contribution in [0.15, 0.2) is 36.7 Å². The van der Waals surface area contributed by atoms with Crippen LogP contribution in [0.3, 0.4) is 0 Å². The number of carboxylic acid groups (broad SMARTS) is 1. The number of aliphatic carboxylic acids is 1. The molecule has 4 N–H and O–H groups in total. The van der Waals surface area contributed by atoms with Crippen LogP contribution in [0.2, 0.25) is 10.0 Å². The largest absolute Gasteiger partial charge is 0.480 e. The second kappa shape index (κ2) is 8.29. The minimum absolute atomic E-state index is 0.141. The molecule has 8 heteroatoms. The summed E-state index contributed by atoms with van der Waals surface area (Å²) in [4.78, 5) is 27.2. The average Bonchev–Trinajstić information content (AvgIpc) is 2.56. The standard InChI is InChI=1S/C17H17Cl2N3O3/c1-2-11(15(20)17(24)25)9-3-5-10(6-4-9)22-16(23)14-12(18)7-21-8-13(14)19/h3-8,11,15H,2,20H2,1H3,(H,22,23)(H,24,25)/t11?,15-/m0/s1. The average molecular weight is 382 g/mol. The highest BCUT2D eigenvalue weighted by atomic mass is 35.5. The van der Waals surface area contributed by atoms with Gasteiger partial charge in [0.05, 0.1) is 15.6 Å². The molecule has 0 saturated heterocycles. The Hall–Kier alpha value is -2.15. The van der Waals surface area contributed by atoms with Crippen LogP contribution >= 0.6 is 23.2 Å². The number of benzene rings is 1. The molecule has 0 bridgehead atoms. The summed E-state index contributed by atoms with van der Waals surface area (Å²) in [6.07, 6.45) is 3.26. The van der Waals surface area contributed by atoms with Crippen LogP contribution in [0.4, 0.5) is 5.69 Å². The number of aromatic nitrogens is 1. The number of halogens is 2. The third-order valence-corrected chi connectivity index (χ3v) is 4.41. The number of nitrogens with two attached hydrogens (primary N) is 1. The highest BCUT2D eigenvalue weighted by molar-refractivity contribution is 6.40. The quantitative estimate of drug-likeness (QED) is 0.709. The summed E-state index contributed by atoms with van der Waals surface area (Å²) in [5, 5.41) is 12.1. The number of nitrogens with one attached hydrogen (secondary N) is 1. The molecule has 0 saturated carbocycles. The minimum Gasteiger partial charge on any atom is -0.480 e. The molecule has 1 amide bonds. The number of carbonyl (C=O) groups excluding carboxylic acids is 1. The lowest BCUT2D eigenvalue weighted by molar-refractivity contribution is -0.139. The third-order valence-electron chi connectivity index (χ3n) is 3.84. The molecule has 0 aliphatic rings. The van der Waals surface area contributed by atoms with Crippen LogP contribution in [0.1, 0.15) is 35.2 Å². The van der Waals surface area contributed by atoms with Gasteiger partial charge < -0.3 is 16.2 Å². The second-order valence-corrected chi connectivity index (χ2v) is 6.25. The molecule has 0 spiro atoms. The van der Waals surface area contributed by atoms with Crippen molar-refractivity contribution in [3.8, 4) is 0 Å². The maximum Gasteiger partial charge on any atom is 0.321 e. The van der Waals surface area contributed by atoms with Gasteiger partial charge in [-0.15, -0.1) is 0 Å². The Morgan fingerprint density at radius 2 is 1.76 bits per heavy atom. The predicted octanol–water partition coefficient (Wildman–Crippen LogP) is 3.55. The van der Waals surface area contributed by atoms with E-state index in [1.165, 1.54) is 12.4 Å². The molecule has 2 rings (SSSR count). The summed E-state index contributed by atoms with van der Waals surface area (Å²) in [5.41, 5.74) is 7.18. The lowest BCUT2D eigenvalue weighted by Crippen LogP contribution is -2.36. The summed E-state index contributed by atoms with van der Waals surface area (Å²) < 4.78 is 0. The van der Waals surface area contributed by atoms with Crippen molar-refractivity contribution >= 4 is 40.8 Å². The lowest BCUT2D eigenvalue weighted by atomic mass is 9.89. The zero-order valence-corrected chi connectivity index (χ0v) is 14.9. The van der Waals surface area contributed by atoms with Gasteiger partial charge in [-0.1, -0.05) is 42.3 Å². The van der Waals surface area contributed by atoms with Crippen LogP contribution in [0.5, 0.6) is 0 Å². The number of nitrogens with zero attached hydrogens (tertiary/aromatic N) is 1. The Balaban J connectivity index is 2.17. The molecule has 6 nitrogen and oxygen atoms in total. The van der Waals surface area contributed by atoms with Crippen LogP contribution < -0.4 is 11.1 Å². The summed E-state index contributed by atoms with van der Waals surface area (Å²) in [6.45, 7) is 1.87. The van der Waals surface area contributed by atoms with Gasteiger partial charge >= 0.3 is 5.97 Å². The van der Waals surface area contributed by atoms with Crippen molar-refractivity contribution in [3.63, 3.8) is 0 Å². The molecule has 1 aromatic carbocycles. The van der Waals surface area contributed by atoms with Crippen molar-refractivity contribution in [2.24, 2.45) is 5.73 Å². The molecule has 132 valence electrons. The molecule has 0 radical (unpaired) electrons. The van der Waals surface area contributed by atoms with E-state index in [9.17, 15) is 9.59 Å². The third kappa shape index (κ3) is 4.48. The smallest absolute Gasteiger partial charge is 0.321 e. The zero-order chi connectivity index (χ0) is 18.6. The van der Waals surface area contributed by atoms with Crippen molar-refractivity contribution in [3.05, 3.63) is 57.8 Å². The SMILES string of the molecule is CCC(c1ccc(NC(=O)c2c(Cl)cncc2Cl)cc1)[C@H](N)C(=O)O. The van der Waals surface area contributed by atoms with E-state index < -0.39 is 17.9 Å². The number of hydrogen-bond donors (Lipinski definition) is 3. The topological polar surface area (TPSA) is 105 Å². The molecular formula is C17H17Cl2N3O3. The number of anilines is 1. The van der Waals surface area contributed by atoms with E-state index >= 15 is 0 Å². The van der Waals surface area contributed by atoms with Gasteiger partial charge in [0.2, 0.25) is 0 Å². The number of carbonyl (C=O) groups is 2. The van der Waals surface area contributed by atoms with Gasteiger partial charge in [0.25, 0.3) is 5.91 Å². The summed E-state index contributed by atoms with van der Waals surface area (Å²) >= 11 is 11.9. The highest BCUT2D eigenvalue weighted by Crippen LogP contribution is 2.26. The van der Waals surface area contributed by atoms with Gasteiger partial charge in [-0.2, -0.15) is 0 Å². The first kappa shape index (κ1) is 19.2. The molecule has 0 fully saturated rings. The van der Waals surface area contributed by atoms with E-state index in [0.717, 1.165) is 5.56 Å². The Morgan fingerprint density at radius 1 is 1.20 bits per heavy atom. The normalized spacial score (nSPS) is 13.1.